The van der Waals surface area contributed by atoms with Crippen molar-refractivity contribution in [3.05, 3.63) is 47.0 Å². The summed E-state index contributed by atoms with van der Waals surface area (Å²) in [7, 11) is 0. The van der Waals surface area contributed by atoms with Crippen molar-refractivity contribution in [2.45, 2.75) is 88.5 Å². The van der Waals surface area contributed by atoms with E-state index >= 15 is 0 Å². The predicted molar refractivity (Wildman–Crippen MR) is 123 cm³/mol. The topological polar surface area (TPSA) is 57.5 Å². The Morgan fingerprint density at radius 3 is 2.28 bits per heavy atom. The second-order valence-corrected chi connectivity index (χ2v) is 11.8. The highest BCUT2D eigenvalue weighted by molar-refractivity contribution is 5.91. The molecule has 0 saturated heterocycles. The van der Waals surface area contributed by atoms with Crippen molar-refractivity contribution >= 4 is 5.78 Å². The Balaban J connectivity index is 1.62. The molecule has 0 aromatic heterocycles. The van der Waals surface area contributed by atoms with Gasteiger partial charge in [-0.05, 0) is 92.2 Å². The van der Waals surface area contributed by atoms with Crippen LogP contribution in [0.3, 0.4) is 0 Å². The molecule has 3 unspecified atom stereocenters. The maximum Gasteiger partial charge on any atom is 0.456 e. The number of benzene rings is 1. The Hall–Kier alpha value is -1.80. The van der Waals surface area contributed by atoms with Gasteiger partial charge in [-0.3, -0.25) is 4.79 Å². The molecule has 4 aliphatic carbocycles. The SMILES string of the molecule is CC(O)c1ccc(C2C[C@@]3(C)[C@@H](CCC3(O)C(F)(F)C(F)(F)F)[C@@H]3CCC4=CC(=O)CC[C@@H]4[C@@H]23)cc1. The van der Waals surface area contributed by atoms with Crippen molar-refractivity contribution in [3.63, 3.8) is 0 Å². The van der Waals surface area contributed by atoms with Gasteiger partial charge in [0.1, 0.15) is 5.60 Å². The number of alkyl halides is 5. The molecule has 0 bridgehead atoms. The zero-order valence-corrected chi connectivity index (χ0v) is 20.5. The first-order valence-corrected chi connectivity index (χ1v) is 12.9. The molecule has 198 valence electrons. The molecule has 2 N–H and O–H groups in total. The van der Waals surface area contributed by atoms with E-state index in [9.17, 15) is 37.0 Å². The van der Waals surface area contributed by atoms with E-state index in [4.69, 9.17) is 0 Å². The third kappa shape index (κ3) is 3.53. The predicted octanol–water partition coefficient (Wildman–Crippen LogP) is 6.50. The van der Waals surface area contributed by atoms with Gasteiger partial charge in [-0.2, -0.15) is 22.0 Å². The summed E-state index contributed by atoms with van der Waals surface area (Å²) < 4.78 is 70.8. The summed E-state index contributed by atoms with van der Waals surface area (Å²) >= 11 is 0. The Bertz CT molecular complexity index is 1060. The fourth-order valence-electron chi connectivity index (χ4n) is 8.43. The number of hydrogen-bond acceptors (Lipinski definition) is 3. The Labute approximate surface area is 207 Å². The average molecular weight is 513 g/mol. The summed E-state index contributed by atoms with van der Waals surface area (Å²) in [6.07, 6.45) is -2.99. The average Bonchev–Trinajstić information content (AvgIpc) is 3.09. The normalized spacial score (nSPS) is 39.6. The molecule has 0 aliphatic heterocycles. The van der Waals surface area contributed by atoms with Crippen LogP contribution in [0.15, 0.2) is 35.9 Å². The molecular formula is C28H33F5O3. The molecule has 0 radical (unpaired) electrons. The molecule has 1 aromatic carbocycles. The molecule has 5 rings (SSSR count). The van der Waals surface area contributed by atoms with Crippen LogP contribution in [0.2, 0.25) is 0 Å². The monoisotopic (exact) mass is 512 g/mol. The van der Waals surface area contributed by atoms with Crippen molar-refractivity contribution in [2.24, 2.45) is 29.1 Å². The molecule has 3 nitrogen and oxygen atoms in total. The Kier molecular flexibility index (Phi) is 5.99. The Morgan fingerprint density at radius 2 is 1.67 bits per heavy atom. The lowest BCUT2D eigenvalue weighted by atomic mass is 9.46. The highest BCUT2D eigenvalue weighted by atomic mass is 19.4. The first-order chi connectivity index (χ1) is 16.7. The minimum Gasteiger partial charge on any atom is -0.389 e. The summed E-state index contributed by atoms with van der Waals surface area (Å²) in [5.41, 5.74) is -2.26. The number of ketones is 1. The summed E-state index contributed by atoms with van der Waals surface area (Å²) in [5.74, 6) is -6.02. The summed E-state index contributed by atoms with van der Waals surface area (Å²) in [5, 5.41) is 21.2. The first-order valence-electron chi connectivity index (χ1n) is 12.9. The number of halogens is 5. The summed E-state index contributed by atoms with van der Waals surface area (Å²) in [4.78, 5) is 12.1. The van der Waals surface area contributed by atoms with Crippen LogP contribution < -0.4 is 0 Å². The number of rotatable bonds is 3. The molecule has 8 atom stereocenters. The zero-order valence-electron chi connectivity index (χ0n) is 20.5. The van der Waals surface area contributed by atoms with E-state index in [0.29, 0.717) is 31.2 Å². The quantitative estimate of drug-likeness (QED) is 0.455. The highest BCUT2D eigenvalue weighted by Crippen LogP contribution is 2.71. The van der Waals surface area contributed by atoms with E-state index in [2.05, 4.69) is 0 Å². The van der Waals surface area contributed by atoms with Crippen LogP contribution in [-0.2, 0) is 4.79 Å². The van der Waals surface area contributed by atoms with Gasteiger partial charge in [0.15, 0.2) is 5.78 Å². The molecule has 0 heterocycles. The number of fused-ring (bicyclic) bond motifs is 5. The van der Waals surface area contributed by atoms with Crippen LogP contribution in [0.5, 0.6) is 0 Å². The van der Waals surface area contributed by atoms with Crippen molar-refractivity contribution in [3.8, 4) is 0 Å². The molecule has 0 amide bonds. The lowest BCUT2D eigenvalue weighted by Gasteiger charge is -2.59. The largest absolute Gasteiger partial charge is 0.456 e. The third-order valence-corrected chi connectivity index (χ3v) is 10.2. The lowest BCUT2D eigenvalue weighted by Crippen LogP contribution is -2.66. The van der Waals surface area contributed by atoms with E-state index in [1.54, 1.807) is 25.1 Å². The van der Waals surface area contributed by atoms with Gasteiger partial charge in [-0.25, -0.2) is 0 Å². The second-order valence-electron chi connectivity index (χ2n) is 11.8. The van der Waals surface area contributed by atoms with Gasteiger partial charge in [-0.15, -0.1) is 0 Å². The molecule has 3 saturated carbocycles. The van der Waals surface area contributed by atoms with E-state index < -0.39 is 41.6 Å². The van der Waals surface area contributed by atoms with Crippen LogP contribution in [0.1, 0.15) is 81.9 Å². The fraction of sp³-hybridized carbons (Fsp3) is 0.679. The summed E-state index contributed by atoms with van der Waals surface area (Å²) in [6, 6.07) is 7.18. The van der Waals surface area contributed by atoms with Crippen LogP contribution in [0, 0.1) is 29.1 Å². The van der Waals surface area contributed by atoms with Gasteiger partial charge in [0, 0.05) is 11.8 Å². The fourth-order valence-corrected chi connectivity index (χ4v) is 8.43. The minimum absolute atomic E-state index is 0.00423. The van der Waals surface area contributed by atoms with E-state index in [1.165, 1.54) is 6.92 Å². The summed E-state index contributed by atoms with van der Waals surface area (Å²) in [6.45, 7) is 3.07. The van der Waals surface area contributed by atoms with Gasteiger partial charge in [0.05, 0.1) is 6.10 Å². The number of carbonyl (C=O) groups excluding carboxylic acids is 1. The number of allylic oxidation sites excluding steroid dienone is 1. The van der Waals surface area contributed by atoms with Gasteiger partial charge >= 0.3 is 12.1 Å². The van der Waals surface area contributed by atoms with E-state index in [0.717, 1.165) is 11.1 Å². The molecule has 0 spiro atoms. The molecule has 4 aliphatic rings. The van der Waals surface area contributed by atoms with Gasteiger partial charge in [-0.1, -0.05) is 36.8 Å². The second kappa shape index (κ2) is 8.35. The Morgan fingerprint density at radius 1 is 1.00 bits per heavy atom. The van der Waals surface area contributed by atoms with Crippen LogP contribution in [-0.4, -0.2) is 33.7 Å². The maximum atomic E-state index is 15.0. The molecular weight excluding hydrogens is 479 g/mol. The van der Waals surface area contributed by atoms with Crippen molar-refractivity contribution in [1.29, 1.82) is 0 Å². The first kappa shape index (κ1) is 25.8. The number of aliphatic hydroxyl groups excluding tert-OH is 1. The maximum absolute atomic E-state index is 15.0. The van der Waals surface area contributed by atoms with Crippen molar-refractivity contribution in [1.82, 2.24) is 0 Å². The number of hydrogen-bond donors (Lipinski definition) is 2. The van der Waals surface area contributed by atoms with Crippen LogP contribution in [0.4, 0.5) is 22.0 Å². The lowest BCUT2D eigenvalue weighted by molar-refractivity contribution is -0.364. The van der Waals surface area contributed by atoms with Crippen LogP contribution >= 0.6 is 0 Å². The van der Waals surface area contributed by atoms with Crippen molar-refractivity contribution in [2.75, 3.05) is 0 Å². The standard InChI is InChI=1S/C28H33F5O3/c1-15(34)16-3-5-17(6-4-16)22-14-25(2)23(11-12-26(25,36)27(29,30)28(31,32)33)21-9-7-18-13-19(35)8-10-20(18)24(21)22/h3-6,13,15,20-24,34,36H,7-12,14H2,1-2H3/t15?,20-,21-,22?,23-,24+,25-,26?/m0/s1. The molecule has 3 fully saturated rings. The molecule has 8 heteroatoms. The van der Waals surface area contributed by atoms with Gasteiger partial charge < -0.3 is 10.2 Å². The molecule has 1 aromatic rings. The number of carbonyl (C=O) groups is 1. The van der Waals surface area contributed by atoms with Crippen molar-refractivity contribution < 1.29 is 37.0 Å². The highest BCUT2D eigenvalue weighted by Gasteiger charge is 2.79. The number of aliphatic hydroxyl groups is 2. The molecule has 36 heavy (non-hydrogen) atoms. The van der Waals surface area contributed by atoms with Crippen LogP contribution in [0.25, 0.3) is 0 Å². The smallest absolute Gasteiger partial charge is 0.389 e. The van der Waals surface area contributed by atoms with E-state index in [1.807, 2.05) is 12.1 Å². The van der Waals surface area contributed by atoms with Gasteiger partial charge in [0.25, 0.3) is 0 Å². The minimum atomic E-state index is -5.85. The van der Waals surface area contributed by atoms with Gasteiger partial charge in [0.2, 0.25) is 0 Å². The van der Waals surface area contributed by atoms with E-state index in [-0.39, 0.29) is 42.3 Å². The third-order valence-electron chi connectivity index (χ3n) is 10.2. The zero-order chi connectivity index (χ0) is 26.3.